The maximum absolute atomic E-state index is 12.2. The van der Waals surface area contributed by atoms with Crippen molar-refractivity contribution in [3.05, 3.63) is 0 Å². The van der Waals surface area contributed by atoms with E-state index in [1.165, 1.54) is 0 Å². The van der Waals surface area contributed by atoms with Crippen LogP contribution in [0.4, 0.5) is 0 Å². The van der Waals surface area contributed by atoms with Crippen LogP contribution in [0.15, 0.2) is 0 Å². The first-order valence-electron chi connectivity index (χ1n) is 7.44. The minimum atomic E-state index is -3.24. The third kappa shape index (κ3) is 5.65. The molecule has 1 fully saturated rings. The molecule has 2 unspecified atom stereocenters. The number of piperazine rings is 1. The van der Waals surface area contributed by atoms with Crippen LogP contribution in [0.25, 0.3) is 0 Å². The fourth-order valence-electron chi connectivity index (χ4n) is 2.27. The van der Waals surface area contributed by atoms with Crippen molar-refractivity contribution in [2.24, 2.45) is 0 Å². The molecule has 1 heterocycles. The lowest BCUT2D eigenvalue weighted by Gasteiger charge is -2.37. The molecule has 120 valence electrons. The third-order valence-electron chi connectivity index (χ3n) is 3.89. The van der Waals surface area contributed by atoms with Gasteiger partial charge in [-0.05, 0) is 34.0 Å². The van der Waals surface area contributed by atoms with Crippen LogP contribution in [0.5, 0.6) is 0 Å². The number of likely N-dealkylation sites (N-methyl/N-ethyl adjacent to an activating group) is 2. The first-order chi connectivity index (χ1) is 9.36. The molecular weight excluding hydrogens is 276 g/mol. The van der Waals surface area contributed by atoms with Crippen molar-refractivity contribution in [1.29, 1.82) is 0 Å². The van der Waals surface area contributed by atoms with Crippen molar-refractivity contribution < 1.29 is 8.42 Å². The molecule has 1 saturated heterocycles. The van der Waals surface area contributed by atoms with Crippen LogP contribution < -0.4 is 10.0 Å². The predicted molar refractivity (Wildman–Crippen MR) is 83.5 cm³/mol. The van der Waals surface area contributed by atoms with Gasteiger partial charge >= 0.3 is 0 Å². The molecular formula is C13H30N4O2S. The molecule has 0 amide bonds. The van der Waals surface area contributed by atoms with Gasteiger partial charge in [-0.3, -0.25) is 4.90 Å². The van der Waals surface area contributed by atoms with Crippen LogP contribution in [0.3, 0.4) is 0 Å². The van der Waals surface area contributed by atoms with Crippen LogP contribution in [0.2, 0.25) is 0 Å². The molecule has 6 nitrogen and oxygen atoms in total. The molecule has 2 atom stereocenters. The molecule has 0 aromatic heterocycles. The first-order valence-corrected chi connectivity index (χ1v) is 8.99. The molecule has 1 rings (SSSR count). The van der Waals surface area contributed by atoms with Crippen LogP contribution in [0.1, 0.15) is 20.3 Å². The SMILES string of the molecule is CCCNCC(C)S(=O)(=O)NCC1CN(C)CCN1C. The summed E-state index contributed by atoms with van der Waals surface area (Å²) < 4.78 is 27.1. The Bertz CT molecular complexity index is 375. The van der Waals surface area contributed by atoms with Crippen LogP contribution in [-0.4, -0.2) is 82.9 Å². The van der Waals surface area contributed by atoms with Crippen LogP contribution in [-0.2, 0) is 10.0 Å². The summed E-state index contributed by atoms with van der Waals surface area (Å²) in [6, 6.07) is 0.249. The van der Waals surface area contributed by atoms with E-state index in [1.54, 1.807) is 6.92 Å². The molecule has 2 N–H and O–H groups in total. The molecule has 1 aliphatic rings. The molecule has 20 heavy (non-hydrogen) atoms. The molecule has 0 bridgehead atoms. The van der Waals surface area contributed by atoms with E-state index in [-0.39, 0.29) is 6.04 Å². The number of sulfonamides is 1. The number of hydrogen-bond donors (Lipinski definition) is 2. The summed E-state index contributed by atoms with van der Waals surface area (Å²) in [6.07, 6.45) is 1.01. The van der Waals surface area contributed by atoms with Gasteiger partial charge in [0.15, 0.2) is 0 Å². The van der Waals surface area contributed by atoms with E-state index in [0.29, 0.717) is 13.1 Å². The summed E-state index contributed by atoms with van der Waals surface area (Å²) in [6.45, 7) is 8.59. The Hall–Kier alpha value is -0.210. The van der Waals surface area contributed by atoms with Crippen LogP contribution in [0, 0.1) is 0 Å². The van der Waals surface area contributed by atoms with Crippen molar-refractivity contribution in [3.63, 3.8) is 0 Å². The van der Waals surface area contributed by atoms with E-state index in [2.05, 4.69) is 40.9 Å². The minimum Gasteiger partial charge on any atom is -0.315 e. The van der Waals surface area contributed by atoms with Gasteiger partial charge < -0.3 is 10.2 Å². The highest BCUT2D eigenvalue weighted by molar-refractivity contribution is 7.90. The lowest BCUT2D eigenvalue weighted by molar-refractivity contribution is 0.117. The van der Waals surface area contributed by atoms with Crippen molar-refractivity contribution in [2.75, 3.05) is 53.4 Å². The van der Waals surface area contributed by atoms with E-state index < -0.39 is 15.3 Å². The first kappa shape index (κ1) is 17.8. The zero-order valence-electron chi connectivity index (χ0n) is 13.2. The maximum atomic E-state index is 12.2. The fraction of sp³-hybridized carbons (Fsp3) is 1.00. The highest BCUT2D eigenvalue weighted by atomic mass is 32.2. The summed E-state index contributed by atoms with van der Waals surface area (Å²) in [7, 11) is 0.890. The van der Waals surface area contributed by atoms with Gasteiger partial charge in [0, 0.05) is 38.8 Å². The Morgan fingerprint density at radius 3 is 2.65 bits per heavy atom. The highest BCUT2D eigenvalue weighted by Crippen LogP contribution is 2.06. The summed E-state index contributed by atoms with van der Waals surface area (Å²) in [5.41, 5.74) is 0. The lowest BCUT2D eigenvalue weighted by Crippen LogP contribution is -2.55. The second-order valence-electron chi connectivity index (χ2n) is 5.80. The molecule has 0 aliphatic carbocycles. The molecule has 0 saturated carbocycles. The predicted octanol–water partition coefficient (Wildman–Crippen LogP) is -0.460. The van der Waals surface area contributed by atoms with E-state index in [9.17, 15) is 8.42 Å². The topological polar surface area (TPSA) is 64.7 Å². The van der Waals surface area contributed by atoms with Gasteiger partial charge in [0.25, 0.3) is 0 Å². The van der Waals surface area contributed by atoms with Gasteiger partial charge in [-0.2, -0.15) is 0 Å². The van der Waals surface area contributed by atoms with Gasteiger partial charge in [0.05, 0.1) is 5.25 Å². The second-order valence-corrected chi connectivity index (χ2v) is 7.99. The normalized spacial score (nSPS) is 23.9. The van der Waals surface area contributed by atoms with Crippen molar-refractivity contribution in [2.45, 2.75) is 31.6 Å². The van der Waals surface area contributed by atoms with Gasteiger partial charge in [-0.25, -0.2) is 13.1 Å². The molecule has 0 radical (unpaired) electrons. The van der Waals surface area contributed by atoms with Gasteiger partial charge in [0.2, 0.25) is 10.0 Å². The summed E-state index contributed by atoms with van der Waals surface area (Å²) in [5.74, 6) is 0. The highest BCUT2D eigenvalue weighted by Gasteiger charge is 2.26. The summed E-state index contributed by atoms with van der Waals surface area (Å²) in [5, 5.41) is 2.75. The van der Waals surface area contributed by atoms with E-state index in [4.69, 9.17) is 0 Å². The lowest BCUT2D eigenvalue weighted by atomic mass is 10.2. The summed E-state index contributed by atoms with van der Waals surface area (Å²) >= 11 is 0. The monoisotopic (exact) mass is 306 g/mol. The number of hydrogen-bond acceptors (Lipinski definition) is 5. The zero-order valence-corrected chi connectivity index (χ0v) is 14.0. The number of nitrogens with one attached hydrogen (secondary N) is 2. The minimum absolute atomic E-state index is 0.249. The standard InChI is InChI=1S/C13H30N4O2S/c1-5-6-14-9-12(2)20(18,19)15-10-13-11-16(3)7-8-17(13)4/h12-15H,5-11H2,1-4H3. The third-order valence-corrected chi connectivity index (χ3v) is 5.68. The Morgan fingerprint density at radius 2 is 2.00 bits per heavy atom. The average molecular weight is 306 g/mol. The quantitative estimate of drug-likeness (QED) is 0.594. The van der Waals surface area contributed by atoms with Crippen LogP contribution >= 0.6 is 0 Å². The number of nitrogens with zero attached hydrogens (tertiary/aromatic N) is 2. The van der Waals surface area contributed by atoms with Gasteiger partial charge in [0.1, 0.15) is 0 Å². The van der Waals surface area contributed by atoms with Crippen molar-refractivity contribution >= 4 is 10.0 Å². The van der Waals surface area contributed by atoms with Gasteiger partial charge in [-0.15, -0.1) is 0 Å². The smallest absolute Gasteiger partial charge is 0.215 e. The molecule has 7 heteroatoms. The van der Waals surface area contributed by atoms with Crippen molar-refractivity contribution in [1.82, 2.24) is 19.8 Å². The Kier molecular flexibility index (Phi) is 7.39. The molecule has 0 spiro atoms. The summed E-state index contributed by atoms with van der Waals surface area (Å²) in [4.78, 5) is 4.47. The molecule has 1 aliphatic heterocycles. The average Bonchev–Trinajstić information content (AvgIpc) is 2.40. The van der Waals surface area contributed by atoms with E-state index in [0.717, 1.165) is 32.6 Å². The Labute approximate surface area is 123 Å². The van der Waals surface area contributed by atoms with E-state index in [1.807, 2.05) is 0 Å². The maximum Gasteiger partial charge on any atom is 0.215 e. The zero-order chi connectivity index (χ0) is 15.2. The fourth-order valence-corrected chi connectivity index (χ4v) is 3.31. The van der Waals surface area contributed by atoms with Gasteiger partial charge in [-0.1, -0.05) is 6.92 Å². The van der Waals surface area contributed by atoms with E-state index >= 15 is 0 Å². The van der Waals surface area contributed by atoms with Crippen molar-refractivity contribution in [3.8, 4) is 0 Å². The molecule has 0 aromatic carbocycles. The second kappa shape index (κ2) is 8.29. The Balaban J connectivity index is 2.41. The largest absolute Gasteiger partial charge is 0.315 e. The Morgan fingerprint density at radius 1 is 1.30 bits per heavy atom. The number of rotatable bonds is 8. The molecule has 0 aromatic rings.